The van der Waals surface area contributed by atoms with Gasteiger partial charge < -0.3 is 15.2 Å². The van der Waals surface area contributed by atoms with E-state index >= 15 is 0 Å². The molecule has 0 amide bonds. The van der Waals surface area contributed by atoms with Crippen LogP contribution >= 0.6 is 11.3 Å². The molecule has 3 rings (SSSR count). The number of hydrogen-bond donors (Lipinski definition) is 1. The second-order valence-corrected chi connectivity index (χ2v) is 6.06. The first-order valence-corrected chi connectivity index (χ1v) is 8.09. The molecule has 2 aromatic carbocycles. The number of benzene rings is 2. The lowest BCUT2D eigenvalue weighted by Crippen LogP contribution is -1.91. The molecule has 2 N–H and O–H groups in total. The van der Waals surface area contributed by atoms with Crippen LogP contribution in [0.2, 0.25) is 0 Å². The molecule has 0 aliphatic rings. The van der Waals surface area contributed by atoms with Crippen LogP contribution in [0.5, 0.6) is 11.5 Å². The van der Waals surface area contributed by atoms with Gasteiger partial charge in [0.15, 0.2) is 11.5 Å². The van der Waals surface area contributed by atoms with Crippen LogP contribution in [0.1, 0.15) is 10.6 Å². The topological polar surface area (TPSA) is 57.4 Å². The third-order valence-electron chi connectivity index (χ3n) is 3.57. The van der Waals surface area contributed by atoms with E-state index in [0.29, 0.717) is 11.5 Å². The molecule has 0 aliphatic carbocycles. The highest BCUT2D eigenvalue weighted by Gasteiger charge is 2.09. The standard InChI is InChI=1S/C18H18N2O2S/c1-21-16-8-5-13(10-17(16)22-2)15-11-23-18(20-15)9-12-3-6-14(19)7-4-12/h3-8,10-11H,9,19H2,1-2H3. The van der Waals surface area contributed by atoms with Crippen molar-refractivity contribution >= 4 is 17.0 Å². The highest BCUT2D eigenvalue weighted by atomic mass is 32.1. The highest BCUT2D eigenvalue weighted by Crippen LogP contribution is 2.33. The molecule has 0 saturated carbocycles. The van der Waals surface area contributed by atoms with Crippen LogP contribution in [-0.4, -0.2) is 19.2 Å². The minimum atomic E-state index is 0.707. The van der Waals surface area contributed by atoms with Crippen molar-refractivity contribution in [3.63, 3.8) is 0 Å². The minimum absolute atomic E-state index is 0.707. The monoisotopic (exact) mass is 326 g/mol. The average molecular weight is 326 g/mol. The fourth-order valence-electron chi connectivity index (χ4n) is 2.33. The normalized spacial score (nSPS) is 10.5. The van der Waals surface area contributed by atoms with Gasteiger partial charge in [0.2, 0.25) is 0 Å². The maximum atomic E-state index is 5.72. The lowest BCUT2D eigenvalue weighted by Gasteiger charge is -2.08. The lowest BCUT2D eigenvalue weighted by molar-refractivity contribution is 0.355. The number of nitrogens with two attached hydrogens (primary N) is 1. The predicted octanol–water partition coefficient (Wildman–Crippen LogP) is 4.00. The fraction of sp³-hybridized carbons (Fsp3) is 0.167. The van der Waals surface area contributed by atoms with Crippen molar-refractivity contribution in [1.29, 1.82) is 0 Å². The molecule has 118 valence electrons. The first-order chi connectivity index (χ1) is 11.2. The van der Waals surface area contributed by atoms with E-state index in [1.165, 1.54) is 5.56 Å². The number of aromatic nitrogens is 1. The van der Waals surface area contributed by atoms with E-state index in [1.807, 2.05) is 42.5 Å². The van der Waals surface area contributed by atoms with Crippen LogP contribution < -0.4 is 15.2 Å². The Bertz CT molecular complexity index is 797. The summed E-state index contributed by atoms with van der Waals surface area (Å²) in [6.07, 6.45) is 0.804. The molecule has 23 heavy (non-hydrogen) atoms. The van der Waals surface area contributed by atoms with Gasteiger partial charge in [-0.1, -0.05) is 12.1 Å². The van der Waals surface area contributed by atoms with E-state index in [4.69, 9.17) is 20.2 Å². The van der Waals surface area contributed by atoms with Gasteiger partial charge in [0, 0.05) is 23.1 Å². The van der Waals surface area contributed by atoms with Gasteiger partial charge in [-0.3, -0.25) is 0 Å². The SMILES string of the molecule is COc1ccc(-c2csc(Cc3ccc(N)cc3)n2)cc1OC. The molecule has 0 fully saturated rings. The van der Waals surface area contributed by atoms with E-state index < -0.39 is 0 Å². The number of anilines is 1. The number of rotatable bonds is 5. The van der Waals surface area contributed by atoms with Gasteiger partial charge in [0.05, 0.1) is 24.9 Å². The van der Waals surface area contributed by atoms with Gasteiger partial charge >= 0.3 is 0 Å². The van der Waals surface area contributed by atoms with E-state index in [2.05, 4.69) is 5.38 Å². The zero-order valence-corrected chi connectivity index (χ0v) is 13.9. The van der Waals surface area contributed by atoms with E-state index in [0.717, 1.165) is 28.4 Å². The van der Waals surface area contributed by atoms with Crippen molar-refractivity contribution in [3.05, 3.63) is 58.4 Å². The van der Waals surface area contributed by atoms with E-state index in [1.54, 1.807) is 25.6 Å². The number of thiazole rings is 1. The van der Waals surface area contributed by atoms with Crippen molar-refractivity contribution in [2.45, 2.75) is 6.42 Å². The number of hydrogen-bond acceptors (Lipinski definition) is 5. The van der Waals surface area contributed by atoms with Crippen LogP contribution in [0, 0.1) is 0 Å². The smallest absolute Gasteiger partial charge is 0.161 e. The summed E-state index contributed by atoms with van der Waals surface area (Å²) in [5, 5.41) is 3.13. The number of ether oxygens (including phenoxy) is 2. The van der Waals surface area contributed by atoms with Crippen molar-refractivity contribution < 1.29 is 9.47 Å². The maximum absolute atomic E-state index is 5.72. The fourth-order valence-corrected chi connectivity index (χ4v) is 3.17. The average Bonchev–Trinajstić information content (AvgIpc) is 3.05. The largest absolute Gasteiger partial charge is 0.493 e. The quantitative estimate of drug-likeness (QED) is 0.720. The maximum Gasteiger partial charge on any atom is 0.161 e. The van der Waals surface area contributed by atoms with Gasteiger partial charge in [-0.05, 0) is 35.9 Å². The van der Waals surface area contributed by atoms with Crippen LogP contribution in [0.3, 0.4) is 0 Å². The summed E-state index contributed by atoms with van der Waals surface area (Å²) in [6, 6.07) is 13.7. The summed E-state index contributed by atoms with van der Waals surface area (Å²) in [7, 11) is 3.26. The molecule has 0 saturated heterocycles. The van der Waals surface area contributed by atoms with Gasteiger partial charge in [0.1, 0.15) is 0 Å². The molecule has 0 radical (unpaired) electrons. The Morgan fingerprint density at radius 2 is 1.74 bits per heavy atom. The molecule has 1 aromatic heterocycles. The van der Waals surface area contributed by atoms with Crippen LogP contribution in [0.15, 0.2) is 47.8 Å². The Hall–Kier alpha value is -2.53. The van der Waals surface area contributed by atoms with Gasteiger partial charge in [-0.15, -0.1) is 11.3 Å². The first-order valence-electron chi connectivity index (χ1n) is 7.21. The summed E-state index contributed by atoms with van der Waals surface area (Å²) in [5.41, 5.74) is 9.66. The number of methoxy groups -OCH3 is 2. The lowest BCUT2D eigenvalue weighted by atomic mass is 10.1. The summed E-state index contributed by atoms with van der Waals surface area (Å²) in [5.74, 6) is 1.42. The molecule has 1 heterocycles. The van der Waals surface area contributed by atoms with Gasteiger partial charge in [-0.2, -0.15) is 0 Å². The highest BCUT2D eigenvalue weighted by molar-refractivity contribution is 7.10. The van der Waals surface area contributed by atoms with E-state index in [9.17, 15) is 0 Å². The molecule has 0 atom stereocenters. The van der Waals surface area contributed by atoms with Crippen molar-refractivity contribution in [2.75, 3.05) is 20.0 Å². The van der Waals surface area contributed by atoms with Crippen LogP contribution in [0.25, 0.3) is 11.3 Å². The summed E-state index contributed by atoms with van der Waals surface area (Å²) in [6.45, 7) is 0. The Labute approximate surface area is 139 Å². The molecule has 5 heteroatoms. The van der Waals surface area contributed by atoms with Crippen LogP contribution in [-0.2, 0) is 6.42 Å². The van der Waals surface area contributed by atoms with Crippen molar-refractivity contribution in [2.24, 2.45) is 0 Å². The van der Waals surface area contributed by atoms with Crippen molar-refractivity contribution in [1.82, 2.24) is 4.98 Å². The number of nitrogen functional groups attached to an aromatic ring is 1. The third-order valence-corrected chi connectivity index (χ3v) is 4.41. The Morgan fingerprint density at radius 1 is 1.00 bits per heavy atom. The summed E-state index contributed by atoms with van der Waals surface area (Å²) >= 11 is 1.65. The molecule has 4 nitrogen and oxygen atoms in total. The molecule has 0 spiro atoms. The van der Waals surface area contributed by atoms with Crippen molar-refractivity contribution in [3.8, 4) is 22.8 Å². The van der Waals surface area contributed by atoms with E-state index in [-0.39, 0.29) is 0 Å². The molecular weight excluding hydrogens is 308 g/mol. The third kappa shape index (κ3) is 3.46. The molecule has 3 aromatic rings. The zero-order chi connectivity index (χ0) is 16.2. The summed E-state index contributed by atoms with van der Waals surface area (Å²) < 4.78 is 10.6. The first kappa shape index (κ1) is 15.4. The zero-order valence-electron chi connectivity index (χ0n) is 13.1. The second-order valence-electron chi connectivity index (χ2n) is 5.11. The Balaban J connectivity index is 1.82. The predicted molar refractivity (Wildman–Crippen MR) is 94.3 cm³/mol. The van der Waals surface area contributed by atoms with Crippen LogP contribution in [0.4, 0.5) is 5.69 Å². The van der Waals surface area contributed by atoms with Gasteiger partial charge in [0.25, 0.3) is 0 Å². The second kappa shape index (κ2) is 6.71. The molecule has 0 bridgehead atoms. The summed E-state index contributed by atoms with van der Waals surface area (Å²) in [4.78, 5) is 4.72. The minimum Gasteiger partial charge on any atom is -0.493 e. The van der Waals surface area contributed by atoms with Gasteiger partial charge in [-0.25, -0.2) is 4.98 Å². The Morgan fingerprint density at radius 3 is 2.43 bits per heavy atom. The number of nitrogens with zero attached hydrogens (tertiary/aromatic N) is 1. The Kier molecular flexibility index (Phi) is 4.48. The molecule has 0 unspecified atom stereocenters. The molecule has 0 aliphatic heterocycles. The molecular formula is C18H18N2O2S.